The van der Waals surface area contributed by atoms with E-state index in [4.69, 9.17) is 0 Å². The van der Waals surface area contributed by atoms with E-state index in [-0.39, 0.29) is 5.78 Å². The zero-order chi connectivity index (χ0) is 9.84. The second kappa shape index (κ2) is 4.22. The fourth-order valence-corrected chi connectivity index (χ4v) is 1.35. The lowest BCUT2D eigenvalue weighted by Crippen LogP contribution is -1.97. The number of hydrogen-bond acceptors (Lipinski definition) is 1. The van der Waals surface area contributed by atoms with Gasteiger partial charge in [0.1, 0.15) is 5.78 Å². The maximum absolute atomic E-state index is 10.9. The van der Waals surface area contributed by atoms with Gasteiger partial charge in [-0.15, -0.1) is 0 Å². The first-order valence-corrected chi connectivity index (χ1v) is 4.68. The first-order chi connectivity index (χ1) is 6.09. The van der Waals surface area contributed by atoms with E-state index in [1.807, 2.05) is 12.1 Å². The average molecular weight is 176 g/mol. The molecule has 1 heteroatoms. The minimum atomic E-state index is 0.223. The van der Waals surface area contributed by atoms with Crippen molar-refractivity contribution in [1.29, 1.82) is 0 Å². The van der Waals surface area contributed by atoms with Crippen LogP contribution in [0.4, 0.5) is 0 Å². The number of carbonyl (C=O) groups excluding carboxylic acids is 1. The topological polar surface area (TPSA) is 17.1 Å². The number of ketones is 1. The van der Waals surface area contributed by atoms with E-state index in [9.17, 15) is 4.79 Å². The molecule has 13 heavy (non-hydrogen) atoms. The standard InChI is InChI=1S/C12H16O/c1-9(2)12-6-4-5-11(8-12)7-10(3)13/h4-6,8-9H,7H2,1-3H3. The van der Waals surface area contributed by atoms with Gasteiger partial charge in [0.25, 0.3) is 0 Å². The van der Waals surface area contributed by atoms with Crippen molar-refractivity contribution >= 4 is 5.78 Å². The third kappa shape index (κ3) is 3.02. The summed E-state index contributed by atoms with van der Waals surface area (Å²) >= 11 is 0. The van der Waals surface area contributed by atoms with Gasteiger partial charge in [-0.1, -0.05) is 38.1 Å². The highest BCUT2D eigenvalue weighted by atomic mass is 16.1. The van der Waals surface area contributed by atoms with Crippen LogP contribution in [0.3, 0.4) is 0 Å². The number of rotatable bonds is 3. The quantitative estimate of drug-likeness (QED) is 0.692. The minimum absolute atomic E-state index is 0.223. The molecule has 0 aliphatic heterocycles. The predicted octanol–water partition coefficient (Wildman–Crippen LogP) is 2.94. The van der Waals surface area contributed by atoms with Crippen molar-refractivity contribution in [3.05, 3.63) is 35.4 Å². The van der Waals surface area contributed by atoms with Crippen LogP contribution in [0, 0.1) is 0 Å². The van der Waals surface area contributed by atoms with E-state index >= 15 is 0 Å². The molecule has 0 spiro atoms. The zero-order valence-corrected chi connectivity index (χ0v) is 8.50. The van der Waals surface area contributed by atoms with Crippen LogP contribution in [0.5, 0.6) is 0 Å². The summed E-state index contributed by atoms with van der Waals surface area (Å²) in [4.78, 5) is 10.9. The van der Waals surface area contributed by atoms with Gasteiger partial charge < -0.3 is 0 Å². The van der Waals surface area contributed by atoms with Gasteiger partial charge in [-0.05, 0) is 24.0 Å². The SMILES string of the molecule is CC(=O)Cc1cccc(C(C)C)c1. The maximum Gasteiger partial charge on any atom is 0.134 e. The first kappa shape index (κ1) is 9.97. The highest BCUT2D eigenvalue weighted by Gasteiger charge is 2.01. The molecule has 0 saturated carbocycles. The highest BCUT2D eigenvalue weighted by Crippen LogP contribution is 2.15. The molecule has 0 saturated heterocycles. The summed E-state index contributed by atoms with van der Waals surface area (Å²) in [5, 5.41) is 0. The van der Waals surface area contributed by atoms with E-state index in [0.717, 1.165) is 5.56 Å². The molecule has 1 aromatic rings. The van der Waals surface area contributed by atoms with Gasteiger partial charge in [-0.2, -0.15) is 0 Å². The summed E-state index contributed by atoms with van der Waals surface area (Å²) in [6, 6.07) is 8.25. The van der Waals surface area contributed by atoms with Crippen LogP contribution in [-0.2, 0) is 11.2 Å². The molecule has 70 valence electrons. The van der Waals surface area contributed by atoms with Crippen molar-refractivity contribution in [2.45, 2.75) is 33.1 Å². The van der Waals surface area contributed by atoms with E-state index in [2.05, 4.69) is 26.0 Å². The third-order valence-electron chi connectivity index (χ3n) is 2.07. The average Bonchev–Trinajstić information content (AvgIpc) is 2.03. The summed E-state index contributed by atoms with van der Waals surface area (Å²) in [7, 11) is 0. The molecule has 0 amide bonds. The van der Waals surface area contributed by atoms with Crippen LogP contribution in [0.25, 0.3) is 0 Å². The third-order valence-corrected chi connectivity index (χ3v) is 2.07. The van der Waals surface area contributed by atoms with E-state index in [1.165, 1.54) is 5.56 Å². The van der Waals surface area contributed by atoms with Gasteiger partial charge in [0.2, 0.25) is 0 Å². The Balaban J connectivity index is 2.85. The molecule has 1 aromatic carbocycles. The van der Waals surface area contributed by atoms with Gasteiger partial charge in [-0.25, -0.2) is 0 Å². The highest BCUT2D eigenvalue weighted by molar-refractivity contribution is 5.78. The second-order valence-corrected chi connectivity index (χ2v) is 3.78. The molecule has 1 nitrogen and oxygen atoms in total. The van der Waals surface area contributed by atoms with Crippen LogP contribution >= 0.6 is 0 Å². The van der Waals surface area contributed by atoms with Crippen molar-refractivity contribution < 1.29 is 4.79 Å². The molecule has 0 atom stereocenters. The monoisotopic (exact) mass is 176 g/mol. The Morgan fingerprint density at radius 2 is 2.08 bits per heavy atom. The Morgan fingerprint density at radius 3 is 2.62 bits per heavy atom. The lowest BCUT2D eigenvalue weighted by atomic mass is 9.99. The minimum Gasteiger partial charge on any atom is -0.300 e. The fraction of sp³-hybridized carbons (Fsp3) is 0.417. The van der Waals surface area contributed by atoms with Crippen LogP contribution < -0.4 is 0 Å². The molecular formula is C12H16O. The number of carbonyl (C=O) groups is 1. The largest absolute Gasteiger partial charge is 0.300 e. The van der Waals surface area contributed by atoms with Crippen molar-refractivity contribution in [2.75, 3.05) is 0 Å². The van der Waals surface area contributed by atoms with Crippen molar-refractivity contribution in [1.82, 2.24) is 0 Å². The predicted molar refractivity (Wildman–Crippen MR) is 54.9 cm³/mol. The van der Waals surface area contributed by atoms with Crippen LogP contribution in [0.1, 0.15) is 37.8 Å². The fourth-order valence-electron chi connectivity index (χ4n) is 1.35. The lowest BCUT2D eigenvalue weighted by Gasteiger charge is -2.06. The number of hydrogen-bond donors (Lipinski definition) is 0. The van der Waals surface area contributed by atoms with Gasteiger partial charge in [0.15, 0.2) is 0 Å². The van der Waals surface area contributed by atoms with Crippen molar-refractivity contribution in [3.63, 3.8) is 0 Å². The Morgan fingerprint density at radius 1 is 1.38 bits per heavy atom. The number of Topliss-reactive ketones (excluding diaryl/α,β-unsaturated/α-hetero) is 1. The smallest absolute Gasteiger partial charge is 0.134 e. The summed E-state index contributed by atoms with van der Waals surface area (Å²) in [5.41, 5.74) is 2.43. The summed E-state index contributed by atoms with van der Waals surface area (Å²) in [6.45, 7) is 5.95. The molecule has 0 heterocycles. The molecule has 0 radical (unpaired) electrons. The molecule has 0 aromatic heterocycles. The van der Waals surface area contributed by atoms with Gasteiger partial charge in [0, 0.05) is 6.42 Å². The Labute approximate surface area is 79.8 Å². The molecule has 0 aliphatic carbocycles. The van der Waals surface area contributed by atoms with Crippen LogP contribution in [0.15, 0.2) is 24.3 Å². The summed E-state index contributed by atoms with van der Waals surface area (Å²) in [6.07, 6.45) is 0.556. The molecule has 1 rings (SSSR count). The second-order valence-electron chi connectivity index (χ2n) is 3.78. The normalized spacial score (nSPS) is 10.5. The Bertz CT molecular complexity index is 300. The van der Waals surface area contributed by atoms with Crippen LogP contribution in [-0.4, -0.2) is 5.78 Å². The summed E-state index contributed by atoms with van der Waals surface area (Å²) in [5.74, 6) is 0.757. The Hall–Kier alpha value is -1.11. The number of benzene rings is 1. The van der Waals surface area contributed by atoms with Gasteiger partial charge in [0.05, 0.1) is 0 Å². The molecular weight excluding hydrogens is 160 g/mol. The van der Waals surface area contributed by atoms with Gasteiger partial charge in [-0.3, -0.25) is 4.79 Å². The van der Waals surface area contributed by atoms with Crippen molar-refractivity contribution in [2.24, 2.45) is 0 Å². The van der Waals surface area contributed by atoms with E-state index in [1.54, 1.807) is 6.92 Å². The Kier molecular flexibility index (Phi) is 3.24. The van der Waals surface area contributed by atoms with Crippen LogP contribution in [0.2, 0.25) is 0 Å². The molecule has 0 N–H and O–H groups in total. The van der Waals surface area contributed by atoms with Gasteiger partial charge >= 0.3 is 0 Å². The maximum atomic E-state index is 10.9. The molecule has 0 unspecified atom stereocenters. The zero-order valence-electron chi connectivity index (χ0n) is 8.50. The van der Waals surface area contributed by atoms with E-state index < -0.39 is 0 Å². The molecule has 0 bridgehead atoms. The van der Waals surface area contributed by atoms with Crippen molar-refractivity contribution in [3.8, 4) is 0 Å². The lowest BCUT2D eigenvalue weighted by molar-refractivity contribution is -0.116. The molecule has 0 aliphatic rings. The molecule has 0 fully saturated rings. The van der Waals surface area contributed by atoms with E-state index in [0.29, 0.717) is 12.3 Å². The summed E-state index contributed by atoms with van der Waals surface area (Å²) < 4.78 is 0. The first-order valence-electron chi connectivity index (χ1n) is 4.68.